The Morgan fingerprint density at radius 1 is 1.31 bits per heavy atom. The number of carboxylic acid groups (broad SMARTS) is 1. The zero-order chi connectivity index (χ0) is 12.6. The number of guanidine groups is 1. The second-order valence-electron chi connectivity index (χ2n) is 2.67. The van der Waals surface area contributed by atoms with E-state index >= 15 is 0 Å². The van der Waals surface area contributed by atoms with E-state index in [1.165, 1.54) is 0 Å². The van der Waals surface area contributed by atoms with Crippen LogP contribution in [-0.4, -0.2) is 23.6 Å². The van der Waals surface area contributed by atoms with E-state index in [1.807, 2.05) is 0 Å². The molecule has 0 rings (SSSR count). The first-order chi connectivity index (χ1) is 7.48. The molecule has 0 saturated carbocycles. The van der Waals surface area contributed by atoms with Crippen LogP contribution in [0, 0.1) is 16.7 Å². The number of carboxylic acids is 1. The quantitative estimate of drug-likeness (QED) is 0.376. The molecular weight excluding hydrogens is 252 g/mol. The van der Waals surface area contributed by atoms with Crippen molar-refractivity contribution < 1.29 is 19.0 Å². The van der Waals surface area contributed by atoms with Crippen LogP contribution in [0.3, 0.4) is 0 Å². The Morgan fingerprint density at radius 2 is 1.81 bits per heavy atom. The molecule has 86 valence electrons. The minimum atomic E-state index is -1.81. The van der Waals surface area contributed by atoms with E-state index in [2.05, 4.69) is 16.2 Å². The van der Waals surface area contributed by atoms with Gasteiger partial charge in [0.1, 0.15) is 0 Å². The number of nitrogens with two attached hydrogens (primary N) is 2. The number of nitrogens with zero attached hydrogens (tertiary/aromatic N) is 1. The fraction of sp³-hybridized carbons (Fsp3) is 0.429. The maximum atomic E-state index is 11.0. The number of aliphatic carboxylic acids is 1. The number of rotatable bonds is 4. The molecule has 0 unspecified atom stereocenters. The molecule has 0 saturated heterocycles. The second-order valence-corrected chi connectivity index (χ2v) is 3.49. The molecule has 16 heavy (non-hydrogen) atoms. The summed E-state index contributed by atoms with van der Waals surface area (Å²) in [6.07, 6.45) is -0.134. The van der Waals surface area contributed by atoms with Gasteiger partial charge >= 0.3 is 92.9 Å². The van der Waals surface area contributed by atoms with Crippen LogP contribution >= 0.6 is 15.8 Å². The average Bonchev–Trinajstić information content (AvgIpc) is 2.17. The van der Waals surface area contributed by atoms with Gasteiger partial charge in [0, 0.05) is 0 Å². The fourth-order valence-corrected chi connectivity index (χ4v) is 1.77. The van der Waals surface area contributed by atoms with Crippen LogP contribution in [0.4, 0.5) is 0 Å². The topological polar surface area (TPSA) is 136 Å². The van der Waals surface area contributed by atoms with Crippen molar-refractivity contribution in [2.45, 2.75) is 6.42 Å². The Kier molecular flexibility index (Phi) is 6.55. The Balaban J connectivity index is 5.17. The molecule has 0 amide bonds. The van der Waals surface area contributed by atoms with Crippen LogP contribution in [0.15, 0.2) is 4.99 Å². The van der Waals surface area contributed by atoms with E-state index in [1.54, 1.807) is 0 Å². The van der Waals surface area contributed by atoms with Gasteiger partial charge in [-0.2, -0.15) is 0 Å². The Labute approximate surface area is 93.5 Å². The Bertz CT molecular complexity index is 472. The zero-order valence-electron chi connectivity index (χ0n) is 8.08. The first kappa shape index (κ1) is 14.8. The van der Waals surface area contributed by atoms with Crippen molar-refractivity contribution in [2.24, 2.45) is 21.9 Å². The van der Waals surface area contributed by atoms with Crippen LogP contribution in [0.25, 0.3) is 0 Å². The third-order valence-corrected chi connectivity index (χ3v) is 2.57. The van der Waals surface area contributed by atoms with Gasteiger partial charge in [0.05, 0.1) is 0 Å². The molecule has 0 atom stereocenters. The first-order valence-electron chi connectivity index (χ1n) is 3.96. The molecule has 5 N–H and O–H groups in total. The van der Waals surface area contributed by atoms with E-state index in [0.717, 1.165) is 0 Å². The van der Waals surface area contributed by atoms with Crippen LogP contribution in [0.5, 0.6) is 0 Å². The molecule has 0 radical (unpaired) electrons. The first-order valence-corrected chi connectivity index (χ1v) is 5.59. The number of carbonyl (C=O) groups is 1. The normalized spacial score (nSPS) is 12.5. The van der Waals surface area contributed by atoms with Crippen molar-refractivity contribution in [2.75, 3.05) is 6.54 Å². The number of hydrogen-bond acceptors (Lipinski definition) is 4. The summed E-state index contributed by atoms with van der Waals surface area (Å²) in [5.74, 6) is -1.57. The van der Waals surface area contributed by atoms with Crippen molar-refractivity contribution in [3.05, 3.63) is 0 Å². The summed E-state index contributed by atoms with van der Waals surface area (Å²) < 4.78 is 20.8. The van der Waals surface area contributed by atoms with E-state index in [4.69, 9.17) is 16.6 Å². The monoisotopic (exact) mass is 261 g/mol. The Hall–Kier alpha value is -1.24. The van der Waals surface area contributed by atoms with E-state index in [9.17, 15) is 13.9 Å². The summed E-state index contributed by atoms with van der Waals surface area (Å²) in [4.78, 5) is 14.5. The molecule has 0 aromatic carbocycles. The molecule has 0 spiro atoms. The molecule has 9 heteroatoms. The van der Waals surface area contributed by atoms with Crippen LogP contribution < -0.4 is 11.5 Å². The van der Waals surface area contributed by atoms with Crippen molar-refractivity contribution in [1.29, 1.82) is 0 Å². The van der Waals surface area contributed by atoms with Gasteiger partial charge in [0.25, 0.3) is 0 Å². The van der Waals surface area contributed by atoms with Gasteiger partial charge in [-0.15, -0.1) is 0 Å². The molecule has 7 nitrogen and oxygen atoms in total. The van der Waals surface area contributed by atoms with Gasteiger partial charge in [0.15, 0.2) is 0 Å². The SMILES string of the molecule is NC(N)=NCCC(C#P=O)(C#P=O)C(=O)O. The third-order valence-electron chi connectivity index (χ3n) is 1.62. The average molecular weight is 261 g/mol. The predicted molar refractivity (Wildman–Crippen MR) is 58.4 cm³/mol. The summed E-state index contributed by atoms with van der Waals surface area (Å²) in [6.45, 7) is -0.0281. The van der Waals surface area contributed by atoms with Gasteiger partial charge in [-0.05, 0) is 0 Å². The molecule has 0 aliphatic rings. The van der Waals surface area contributed by atoms with Gasteiger partial charge < -0.3 is 0 Å². The zero-order valence-corrected chi connectivity index (χ0v) is 9.87. The van der Waals surface area contributed by atoms with Crippen LogP contribution in [-0.2, 0) is 13.9 Å². The molecule has 0 bridgehead atoms. The van der Waals surface area contributed by atoms with E-state index in [-0.39, 0.29) is 18.9 Å². The number of hydrogen-bond donors (Lipinski definition) is 3. The summed E-state index contributed by atoms with van der Waals surface area (Å²) >= 11 is 0. The van der Waals surface area contributed by atoms with Crippen molar-refractivity contribution in [3.8, 4) is 11.3 Å². The van der Waals surface area contributed by atoms with Gasteiger partial charge in [0.2, 0.25) is 0 Å². The molecule has 0 aromatic heterocycles. The molecule has 0 aliphatic carbocycles. The molecule has 0 aromatic rings. The third kappa shape index (κ3) is 4.52. The number of aliphatic imine (C=N–C) groups is 1. The maximum absolute atomic E-state index is 11.0. The summed E-state index contributed by atoms with van der Waals surface area (Å²) in [5.41, 5.74) is 12.5. The van der Waals surface area contributed by atoms with Crippen molar-refractivity contribution in [1.82, 2.24) is 0 Å². The summed E-state index contributed by atoms with van der Waals surface area (Å²) in [7, 11) is -1.24. The van der Waals surface area contributed by atoms with Crippen LogP contribution in [0.1, 0.15) is 6.42 Å². The Morgan fingerprint density at radius 3 is 2.12 bits per heavy atom. The van der Waals surface area contributed by atoms with Gasteiger partial charge in [-0.1, -0.05) is 0 Å². The van der Waals surface area contributed by atoms with E-state index in [0.29, 0.717) is 0 Å². The minimum absolute atomic E-state index is 0.0281. The van der Waals surface area contributed by atoms with Crippen LogP contribution in [0.2, 0.25) is 0 Å². The molecule has 0 heterocycles. The fourth-order valence-electron chi connectivity index (χ4n) is 0.848. The van der Waals surface area contributed by atoms with Gasteiger partial charge in [-0.25, -0.2) is 0 Å². The summed E-state index contributed by atoms with van der Waals surface area (Å²) in [6, 6.07) is 0. The predicted octanol–water partition coefficient (Wildman–Crippen LogP) is 0.223. The van der Waals surface area contributed by atoms with Crippen molar-refractivity contribution >= 4 is 27.8 Å². The van der Waals surface area contributed by atoms with Crippen molar-refractivity contribution in [3.63, 3.8) is 0 Å². The van der Waals surface area contributed by atoms with Gasteiger partial charge in [-0.3, -0.25) is 0 Å². The summed E-state index contributed by atoms with van der Waals surface area (Å²) in [5, 5.41) is 8.93. The second kappa shape index (κ2) is 7.10. The molecular formula is C7H9N3O4P2. The van der Waals surface area contributed by atoms with E-state index < -0.39 is 27.2 Å². The molecule has 0 aliphatic heterocycles. The molecule has 0 fully saturated rings. The standard InChI is InChI=1S/C7H9N3O4P2/c8-6(9)10-2-1-7(3-15-13,4-16-14)5(11)12/h1-2H2,(H,11,12)(H4,8,9,10).